The van der Waals surface area contributed by atoms with Crippen LogP contribution < -0.4 is 10.1 Å². The maximum absolute atomic E-state index is 13.3. The van der Waals surface area contributed by atoms with Crippen molar-refractivity contribution in [3.05, 3.63) is 65.7 Å². The number of nitrogens with zero attached hydrogens (tertiary/aromatic N) is 2. The number of benzene rings is 2. The van der Waals surface area contributed by atoms with E-state index in [1.165, 1.54) is 6.07 Å². The van der Waals surface area contributed by atoms with Crippen LogP contribution in [-0.2, 0) is 11.2 Å². The molecule has 1 amide bonds. The van der Waals surface area contributed by atoms with Crippen molar-refractivity contribution in [2.24, 2.45) is 0 Å². The zero-order valence-electron chi connectivity index (χ0n) is 14.0. The number of rotatable bonds is 6. The molecule has 0 aliphatic carbocycles. The van der Waals surface area contributed by atoms with E-state index < -0.39 is 11.6 Å². The van der Waals surface area contributed by atoms with Crippen molar-refractivity contribution in [1.82, 2.24) is 10.2 Å². The molecule has 0 fully saturated rings. The molecule has 0 spiro atoms. The van der Waals surface area contributed by atoms with E-state index in [4.69, 9.17) is 10.00 Å². The van der Waals surface area contributed by atoms with Crippen LogP contribution in [0.3, 0.4) is 0 Å². The van der Waals surface area contributed by atoms with Gasteiger partial charge in [-0.3, -0.25) is 9.89 Å². The minimum absolute atomic E-state index is 0.0700. The number of hydrogen-bond acceptors (Lipinski definition) is 4. The van der Waals surface area contributed by atoms with E-state index in [-0.39, 0.29) is 30.3 Å². The standard InChI is InChI=1S/C19H14F2N4O2/c20-14-8-13(9-15(21)10-14)17-11-18(25-24-17)23-19(26)7-12-2-1-3-16(6-12)27-5-4-22/h1-3,6,8-11H,5,7H2,(H2,23,24,25,26). The number of nitriles is 1. The Hall–Kier alpha value is -3.73. The normalized spacial score (nSPS) is 10.3. The van der Waals surface area contributed by atoms with Crippen LogP contribution in [0.15, 0.2) is 48.5 Å². The van der Waals surface area contributed by atoms with Crippen molar-refractivity contribution in [1.29, 1.82) is 5.26 Å². The lowest BCUT2D eigenvalue weighted by Crippen LogP contribution is -2.14. The van der Waals surface area contributed by atoms with Crippen molar-refractivity contribution < 1.29 is 18.3 Å². The van der Waals surface area contributed by atoms with Gasteiger partial charge in [-0.2, -0.15) is 10.4 Å². The third-order valence-electron chi connectivity index (χ3n) is 3.59. The molecular formula is C19H14F2N4O2. The van der Waals surface area contributed by atoms with Crippen molar-refractivity contribution in [2.75, 3.05) is 11.9 Å². The molecule has 0 aliphatic heterocycles. The molecule has 8 heteroatoms. The second-order valence-electron chi connectivity index (χ2n) is 5.64. The van der Waals surface area contributed by atoms with Crippen LogP contribution in [0.5, 0.6) is 5.75 Å². The van der Waals surface area contributed by atoms with Gasteiger partial charge in [0.05, 0.1) is 12.1 Å². The Kier molecular flexibility index (Phi) is 5.42. The van der Waals surface area contributed by atoms with Crippen molar-refractivity contribution in [3.8, 4) is 23.1 Å². The fraction of sp³-hybridized carbons (Fsp3) is 0.105. The first-order valence-corrected chi connectivity index (χ1v) is 7.94. The highest BCUT2D eigenvalue weighted by Gasteiger charge is 2.10. The number of carbonyl (C=O) groups is 1. The number of anilines is 1. The Labute approximate surface area is 153 Å². The molecule has 3 aromatic rings. The van der Waals surface area contributed by atoms with Gasteiger partial charge in [0.15, 0.2) is 12.4 Å². The number of hydrogen-bond donors (Lipinski definition) is 2. The fourth-order valence-corrected chi connectivity index (χ4v) is 2.48. The van der Waals surface area contributed by atoms with Gasteiger partial charge < -0.3 is 10.1 Å². The number of H-pyrrole nitrogens is 1. The van der Waals surface area contributed by atoms with Crippen LogP contribution in [0.25, 0.3) is 11.3 Å². The number of nitrogens with one attached hydrogen (secondary N) is 2. The van der Waals surface area contributed by atoms with E-state index in [1.807, 2.05) is 6.07 Å². The lowest BCUT2D eigenvalue weighted by Gasteiger charge is -2.05. The zero-order valence-corrected chi connectivity index (χ0v) is 14.0. The number of aromatic amines is 1. The van der Waals surface area contributed by atoms with Crippen LogP contribution in [0.4, 0.5) is 14.6 Å². The molecule has 0 unspecified atom stereocenters. The molecule has 27 heavy (non-hydrogen) atoms. The second kappa shape index (κ2) is 8.10. The summed E-state index contributed by atoms with van der Waals surface area (Å²) >= 11 is 0. The molecule has 1 aromatic heterocycles. The summed E-state index contributed by atoms with van der Waals surface area (Å²) in [6.45, 7) is -0.0770. The van der Waals surface area contributed by atoms with Crippen molar-refractivity contribution in [3.63, 3.8) is 0 Å². The maximum atomic E-state index is 13.3. The first-order valence-electron chi connectivity index (χ1n) is 7.94. The number of amides is 1. The topological polar surface area (TPSA) is 90.8 Å². The first kappa shape index (κ1) is 18.1. The average molecular weight is 368 g/mol. The van der Waals surface area contributed by atoms with Gasteiger partial charge in [0, 0.05) is 17.7 Å². The SMILES string of the molecule is N#CCOc1cccc(CC(=O)Nc2cc(-c3cc(F)cc(F)c3)[nH]n2)c1. The van der Waals surface area contributed by atoms with Crippen LogP contribution >= 0.6 is 0 Å². The Morgan fingerprint density at radius 2 is 1.96 bits per heavy atom. The van der Waals surface area contributed by atoms with Gasteiger partial charge in [0.1, 0.15) is 23.5 Å². The molecule has 0 radical (unpaired) electrons. The molecule has 2 N–H and O–H groups in total. The van der Waals surface area contributed by atoms with Gasteiger partial charge in [0.2, 0.25) is 5.91 Å². The monoisotopic (exact) mass is 368 g/mol. The lowest BCUT2D eigenvalue weighted by atomic mass is 10.1. The molecule has 2 aromatic carbocycles. The smallest absolute Gasteiger partial charge is 0.229 e. The molecule has 6 nitrogen and oxygen atoms in total. The molecule has 0 bridgehead atoms. The van der Waals surface area contributed by atoms with Crippen LogP contribution in [0, 0.1) is 23.0 Å². The van der Waals surface area contributed by atoms with Gasteiger partial charge in [0.25, 0.3) is 0 Å². The maximum Gasteiger partial charge on any atom is 0.229 e. The Bertz CT molecular complexity index is 991. The molecule has 136 valence electrons. The molecular weight excluding hydrogens is 354 g/mol. The minimum atomic E-state index is -0.705. The minimum Gasteiger partial charge on any atom is -0.479 e. The van der Waals surface area contributed by atoms with Crippen LogP contribution in [0.1, 0.15) is 5.56 Å². The number of aromatic nitrogens is 2. The zero-order chi connectivity index (χ0) is 19.2. The summed E-state index contributed by atoms with van der Waals surface area (Å²) in [5.41, 5.74) is 1.35. The van der Waals surface area contributed by atoms with Gasteiger partial charge in [-0.15, -0.1) is 0 Å². The van der Waals surface area contributed by atoms with E-state index in [0.29, 0.717) is 17.0 Å². The Balaban J connectivity index is 1.65. The fourth-order valence-electron chi connectivity index (χ4n) is 2.48. The first-order chi connectivity index (χ1) is 13.0. The number of carbonyl (C=O) groups excluding carboxylic acids is 1. The summed E-state index contributed by atoms with van der Waals surface area (Å²) in [5.74, 6) is -1.00. The molecule has 0 aliphatic rings. The van der Waals surface area contributed by atoms with Crippen molar-refractivity contribution in [2.45, 2.75) is 6.42 Å². The molecule has 0 atom stereocenters. The molecule has 3 rings (SSSR count). The van der Waals surface area contributed by atoms with E-state index in [9.17, 15) is 13.6 Å². The summed E-state index contributed by atoms with van der Waals surface area (Å²) in [4.78, 5) is 12.2. The average Bonchev–Trinajstić information content (AvgIpc) is 3.08. The molecule has 0 saturated heterocycles. The van der Waals surface area contributed by atoms with E-state index in [1.54, 1.807) is 24.3 Å². The Morgan fingerprint density at radius 3 is 2.70 bits per heavy atom. The quantitative estimate of drug-likeness (QED) is 0.697. The highest BCUT2D eigenvalue weighted by molar-refractivity contribution is 5.91. The largest absolute Gasteiger partial charge is 0.479 e. The van der Waals surface area contributed by atoms with Crippen molar-refractivity contribution >= 4 is 11.7 Å². The van der Waals surface area contributed by atoms with Gasteiger partial charge in [-0.05, 0) is 29.8 Å². The van der Waals surface area contributed by atoms with E-state index in [2.05, 4.69) is 15.5 Å². The highest BCUT2D eigenvalue weighted by Crippen LogP contribution is 2.22. The predicted octanol–water partition coefficient (Wildman–Crippen LogP) is 3.44. The third kappa shape index (κ3) is 4.89. The summed E-state index contributed by atoms with van der Waals surface area (Å²) in [7, 11) is 0. The summed E-state index contributed by atoms with van der Waals surface area (Å²) < 4.78 is 31.8. The van der Waals surface area contributed by atoms with E-state index in [0.717, 1.165) is 18.2 Å². The van der Waals surface area contributed by atoms with Gasteiger partial charge >= 0.3 is 0 Å². The second-order valence-corrected chi connectivity index (χ2v) is 5.64. The molecule has 1 heterocycles. The lowest BCUT2D eigenvalue weighted by molar-refractivity contribution is -0.115. The summed E-state index contributed by atoms with van der Waals surface area (Å²) in [6.07, 6.45) is 0.0700. The summed E-state index contributed by atoms with van der Waals surface area (Å²) in [5, 5.41) is 17.7. The van der Waals surface area contributed by atoms with Gasteiger partial charge in [-0.1, -0.05) is 12.1 Å². The summed E-state index contributed by atoms with van der Waals surface area (Å²) in [6, 6.07) is 13.3. The van der Waals surface area contributed by atoms with Crippen LogP contribution in [0.2, 0.25) is 0 Å². The predicted molar refractivity (Wildman–Crippen MR) is 93.8 cm³/mol. The Morgan fingerprint density at radius 1 is 1.19 bits per heavy atom. The van der Waals surface area contributed by atoms with Gasteiger partial charge in [-0.25, -0.2) is 8.78 Å². The molecule has 0 saturated carbocycles. The van der Waals surface area contributed by atoms with E-state index >= 15 is 0 Å². The number of halogens is 2. The highest BCUT2D eigenvalue weighted by atomic mass is 19.1. The number of ether oxygens (including phenoxy) is 1. The van der Waals surface area contributed by atoms with Crippen LogP contribution in [-0.4, -0.2) is 22.7 Å². The third-order valence-corrected chi connectivity index (χ3v) is 3.59.